The highest BCUT2D eigenvalue weighted by atomic mass is 15.3. The molecule has 1 aliphatic heterocycles. The Hall–Kier alpha value is -2.67. The number of nitrogens with one attached hydrogen (secondary N) is 2. The van der Waals surface area contributed by atoms with Crippen LogP contribution < -0.4 is 15.5 Å². The van der Waals surface area contributed by atoms with E-state index in [0.29, 0.717) is 6.54 Å². The molecule has 2 aromatic heterocycles. The molecule has 0 aromatic carbocycles. The van der Waals surface area contributed by atoms with E-state index in [2.05, 4.69) is 50.3 Å². The first-order chi connectivity index (χ1) is 14.3. The maximum atomic E-state index is 4.75. The Morgan fingerprint density at radius 2 is 1.90 bits per heavy atom. The fourth-order valence-electron chi connectivity index (χ4n) is 3.39. The lowest BCUT2D eigenvalue weighted by Crippen LogP contribution is -2.46. The molecule has 7 heteroatoms. The predicted molar refractivity (Wildman–Crippen MR) is 119 cm³/mol. The highest BCUT2D eigenvalue weighted by Gasteiger charge is 2.16. The monoisotopic (exact) mass is 395 g/mol. The minimum absolute atomic E-state index is 0.628. The SMILES string of the molecule is CCNC(=NCc1ccnc(N2CCN(CC)CC2)c1)NCCc1ccccn1. The van der Waals surface area contributed by atoms with E-state index in [4.69, 9.17) is 4.99 Å². The Balaban J connectivity index is 1.54. The summed E-state index contributed by atoms with van der Waals surface area (Å²) in [6.07, 6.45) is 4.60. The van der Waals surface area contributed by atoms with E-state index in [-0.39, 0.29) is 0 Å². The Kier molecular flexibility index (Phi) is 8.25. The van der Waals surface area contributed by atoms with Crippen molar-refractivity contribution in [2.24, 2.45) is 4.99 Å². The second kappa shape index (κ2) is 11.4. The van der Waals surface area contributed by atoms with Crippen LogP contribution in [0, 0.1) is 0 Å². The van der Waals surface area contributed by atoms with Crippen LogP contribution in [0.1, 0.15) is 25.1 Å². The van der Waals surface area contributed by atoms with Crippen LogP contribution >= 0.6 is 0 Å². The summed E-state index contributed by atoms with van der Waals surface area (Å²) in [5, 5.41) is 6.71. The lowest BCUT2D eigenvalue weighted by molar-refractivity contribution is 0.270. The number of hydrogen-bond donors (Lipinski definition) is 2. The third-order valence-electron chi connectivity index (χ3n) is 5.12. The van der Waals surface area contributed by atoms with Gasteiger partial charge in [-0.3, -0.25) is 4.98 Å². The Labute approximate surface area is 174 Å². The van der Waals surface area contributed by atoms with E-state index < -0.39 is 0 Å². The summed E-state index contributed by atoms with van der Waals surface area (Å²) in [5.74, 6) is 1.89. The molecule has 0 radical (unpaired) electrons. The Morgan fingerprint density at radius 3 is 2.62 bits per heavy atom. The van der Waals surface area contributed by atoms with Gasteiger partial charge in [-0.15, -0.1) is 0 Å². The van der Waals surface area contributed by atoms with Crippen molar-refractivity contribution in [1.29, 1.82) is 0 Å². The number of aliphatic imine (C=N–C) groups is 1. The van der Waals surface area contributed by atoms with Gasteiger partial charge in [-0.2, -0.15) is 0 Å². The highest BCUT2D eigenvalue weighted by molar-refractivity contribution is 5.79. The largest absolute Gasteiger partial charge is 0.357 e. The van der Waals surface area contributed by atoms with Gasteiger partial charge in [-0.05, 0) is 43.3 Å². The van der Waals surface area contributed by atoms with Gasteiger partial charge in [0, 0.05) is 63.8 Å². The molecule has 0 saturated carbocycles. The molecular weight excluding hydrogens is 362 g/mol. The fourth-order valence-corrected chi connectivity index (χ4v) is 3.39. The molecule has 1 fully saturated rings. The number of pyridine rings is 2. The first-order valence-electron chi connectivity index (χ1n) is 10.6. The standard InChI is InChI=1S/C22H33N7/c1-3-23-22(26-12-9-20-7-5-6-10-24-20)27-18-19-8-11-25-21(17-19)29-15-13-28(4-2)14-16-29/h5-8,10-11,17H,3-4,9,12-16,18H2,1-2H3,(H2,23,26,27). The number of anilines is 1. The first-order valence-corrected chi connectivity index (χ1v) is 10.6. The summed E-state index contributed by atoms with van der Waals surface area (Å²) in [4.78, 5) is 18.5. The lowest BCUT2D eigenvalue weighted by atomic mass is 10.2. The maximum Gasteiger partial charge on any atom is 0.191 e. The molecule has 1 aliphatic rings. The number of likely N-dealkylation sites (N-methyl/N-ethyl adjacent to an activating group) is 1. The van der Waals surface area contributed by atoms with Crippen LogP contribution in [0.5, 0.6) is 0 Å². The van der Waals surface area contributed by atoms with Crippen LogP contribution in [0.4, 0.5) is 5.82 Å². The van der Waals surface area contributed by atoms with Crippen LogP contribution in [0.15, 0.2) is 47.7 Å². The van der Waals surface area contributed by atoms with Crippen LogP contribution in [0.2, 0.25) is 0 Å². The molecule has 0 unspecified atom stereocenters. The summed E-state index contributed by atoms with van der Waals surface area (Å²) in [5.41, 5.74) is 2.26. The Bertz CT molecular complexity index is 755. The third kappa shape index (κ3) is 6.71. The van der Waals surface area contributed by atoms with Crippen LogP contribution in [0.3, 0.4) is 0 Å². The van der Waals surface area contributed by atoms with Crippen molar-refractivity contribution < 1.29 is 0 Å². The number of nitrogens with zero attached hydrogens (tertiary/aromatic N) is 5. The molecule has 156 valence electrons. The molecule has 0 spiro atoms. The molecule has 2 N–H and O–H groups in total. The van der Waals surface area contributed by atoms with Gasteiger partial charge in [0.25, 0.3) is 0 Å². The van der Waals surface area contributed by atoms with E-state index in [1.54, 1.807) is 0 Å². The quantitative estimate of drug-likeness (QED) is 0.526. The van der Waals surface area contributed by atoms with E-state index in [0.717, 1.165) is 69.7 Å². The number of guanidine groups is 1. The minimum Gasteiger partial charge on any atom is -0.357 e. The predicted octanol–water partition coefficient (Wildman–Crippen LogP) is 1.92. The molecule has 3 rings (SSSR count). The number of rotatable bonds is 8. The average molecular weight is 396 g/mol. The van der Waals surface area contributed by atoms with Gasteiger partial charge < -0.3 is 20.4 Å². The highest BCUT2D eigenvalue weighted by Crippen LogP contribution is 2.15. The van der Waals surface area contributed by atoms with Gasteiger partial charge in [-0.25, -0.2) is 9.98 Å². The minimum atomic E-state index is 0.628. The zero-order valence-corrected chi connectivity index (χ0v) is 17.6. The topological polar surface area (TPSA) is 68.7 Å². The van der Waals surface area contributed by atoms with Gasteiger partial charge in [0.15, 0.2) is 5.96 Å². The summed E-state index contributed by atoms with van der Waals surface area (Å²) < 4.78 is 0. The Morgan fingerprint density at radius 1 is 1.03 bits per heavy atom. The molecule has 3 heterocycles. The smallest absolute Gasteiger partial charge is 0.191 e. The maximum absolute atomic E-state index is 4.75. The number of aromatic nitrogens is 2. The molecule has 7 nitrogen and oxygen atoms in total. The van der Waals surface area contributed by atoms with Gasteiger partial charge in [-0.1, -0.05) is 13.0 Å². The van der Waals surface area contributed by atoms with E-state index in [1.807, 2.05) is 36.7 Å². The van der Waals surface area contributed by atoms with Crippen molar-refractivity contribution in [3.63, 3.8) is 0 Å². The summed E-state index contributed by atoms with van der Waals surface area (Å²) in [6, 6.07) is 10.2. The molecule has 0 atom stereocenters. The third-order valence-corrected chi connectivity index (χ3v) is 5.12. The second-order valence-electron chi connectivity index (χ2n) is 7.14. The molecule has 0 bridgehead atoms. The summed E-state index contributed by atoms with van der Waals surface area (Å²) in [7, 11) is 0. The van der Waals surface area contributed by atoms with Gasteiger partial charge in [0.1, 0.15) is 5.82 Å². The van der Waals surface area contributed by atoms with Crippen LogP contribution in [0.25, 0.3) is 0 Å². The first kappa shape index (κ1) is 21.0. The van der Waals surface area contributed by atoms with Crippen LogP contribution in [-0.2, 0) is 13.0 Å². The fraction of sp³-hybridized carbons (Fsp3) is 0.500. The van der Waals surface area contributed by atoms with Crippen molar-refractivity contribution >= 4 is 11.8 Å². The van der Waals surface area contributed by atoms with Gasteiger partial charge in [0.05, 0.1) is 6.54 Å². The second-order valence-corrected chi connectivity index (χ2v) is 7.14. The molecule has 2 aromatic rings. The van der Waals surface area contributed by atoms with Crippen molar-refractivity contribution in [3.05, 3.63) is 54.0 Å². The molecule has 0 amide bonds. The van der Waals surface area contributed by atoms with E-state index >= 15 is 0 Å². The number of hydrogen-bond acceptors (Lipinski definition) is 5. The van der Waals surface area contributed by atoms with Gasteiger partial charge >= 0.3 is 0 Å². The molecule has 0 aliphatic carbocycles. The van der Waals surface area contributed by atoms with Crippen molar-refractivity contribution in [2.75, 3.05) is 50.7 Å². The van der Waals surface area contributed by atoms with Crippen LogP contribution in [-0.4, -0.2) is 66.6 Å². The lowest BCUT2D eigenvalue weighted by Gasteiger charge is -2.34. The average Bonchev–Trinajstić information content (AvgIpc) is 2.78. The van der Waals surface area contributed by atoms with Crippen molar-refractivity contribution in [1.82, 2.24) is 25.5 Å². The summed E-state index contributed by atoms with van der Waals surface area (Å²) in [6.45, 7) is 12.0. The molecule has 29 heavy (non-hydrogen) atoms. The van der Waals surface area contributed by atoms with Crippen molar-refractivity contribution in [2.45, 2.75) is 26.8 Å². The summed E-state index contributed by atoms with van der Waals surface area (Å²) >= 11 is 0. The zero-order valence-electron chi connectivity index (χ0n) is 17.6. The van der Waals surface area contributed by atoms with Crippen molar-refractivity contribution in [3.8, 4) is 0 Å². The van der Waals surface area contributed by atoms with Gasteiger partial charge in [0.2, 0.25) is 0 Å². The number of piperazine rings is 1. The molecular formula is C22H33N7. The zero-order chi connectivity index (χ0) is 20.3. The van der Waals surface area contributed by atoms with E-state index in [1.165, 1.54) is 5.56 Å². The van der Waals surface area contributed by atoms with E-state index in [9.17, 15) is 0 Å². The molecule has 1 saturated heterocycles. The normalized spacial score (nSPS) is 15.4.